The second kappa shape index (κ2) is 8.95. The fourth-order valence-electron chi connectivity index (χ4n) is 3.21. The van der Waals surface area contributed by atoms with Crippen LogP contribution in [0, 0.1) is 0 Å². The Morgan fingerprint density at radius 1 is 1.08 bits per heavy atom. The molecule has 0 aromatic heterocycles. The van der Waals surface area contributed by atoms with Crippen LogP contribution in [0.25, 0.3) is 0 Å². The second-order valence-electron chi connectivity index (χ2n) is 6.60. The summed E-state index contributed by atoms with van der Waals surface area (Å²) in [5, 5.41) is 4.34. The maximum absolute atomic E-state index is 11.7. The van der Waals surface area contributed by atoms with Crippen molar-refractivity contribution in [2.45, 2.75) is 32.2 Å². The number of benzene rings is 2. The molecule has 0 atom stereocenters. The van der Waals surface area contributed by atoms with E-state index < -0.39 is 0 Å². The standard InChI is InChI=1S/C21H25ClN2O2/c1-2-26-21(25)24-13-11-20(12-14-24)23-19-9-5-17(6-10-19)15-16-3-7-18(22)8-4-16/h3-10,20,23H,2,11-15H2,1H3. The molecular formula is C21H25ClN2O2. The van der Waals surface area contributed by atoms with Crippen molar-refractivity contribution in [2.24, 2.45) is 0 Å². The Labute approximate surface area is 160 Å². The minimum atomic E-state index is -0.197. The largest absolute Gasteiger partial charge is 0.450 e. The van der Waals surface area contributed by atoms with Gasteiger partial charge in [0.15, 0.2) is 0 Å². The van der Waals surface area contributed by atoms with Gasteiger partial charge in [-0.3, -0.25) is 0 Å². The van der Waals surface area contributed by atoms with Crippen LogP contribution in [0.3, 0.4) is 0 Å². The summed E-state index contributed by atoms with van der Waals surface area (Å²) in [5.74, 6) is 0. The van der Waals surface area contributed by atoms with Crippen molar-refractivity contribution < 1.29 is 9.53 Å². The molecule has 1 saturated heterocycles. The number of nitrogens with zero attached hydrogens (tertiary/aromatic N) is 1. The molecule has 4 nitrogen and oxygen atoms in total. The van der Waals surface area contributed by atoms with Gasteiger partial charge in [-0.25, -0.2) is 4.79 Å². The molecule has 0 radical (unpaired) electrons. The fourth-order valence-corrected chi connectivity index (χ4v) is 3.34. The Balaban J connectivity index is 1.49. The zero-order valence-corrected chi connectivity index (χ0v) is 15.8. The SMILES string of the molecule is CCOC(=O)N1CCC(Nc2ccc(Cc3ccc(Cl)cc3)cc2)CC1. The summed E-state index contributed by atoms with van der Waals surface area (Å²) >= 11 is 5.93. The number of rotatable bonds is 5. The highest BCUT2D eigenvalue weighted by Gasteiger charge is 2.23. The first-order chi connectivity index (χ1) is 12.6. The number of anilines is 1. The van der Waals surface area contributed by atoms with Crippen molar-refractivity contribution in [3.63, 3.8) is 0 Å². The predicted molar refractivity (Wildman–Crippen MR) is 106 cm³/mol. The van der Waals surface area contributed by atoms with E-state index in [2.05, 4.69) is 41.7 Å². The van der Waals surface area contributed by atoms with Crippen LogP contribution < -0.4 is 5.32 Å². The van der Waals surface area contributed by atoms with E-state index in [0.717, 1.165) is 43.1 Å². The Hall–Kier alpha value is -2.20. The van der Waals surface area contributed by atoms with E-state index in [1.54, 1.807) is 4.90 Å². The van der Waals surface area contributed by atoms with Crippen LogP contribution in [0.15, 0.2) is 48.5 Å². The van der Waals surface area contributed by atoms with E-state index in [9.17, 15) is 4.79 Å². The molecule has 0 aliphatic carbocycles. The van der Waals surface area contributed by atoms with Crippen LogP contribution in [-0.4, -0.2) is 36.7 Å². The molecule has 3 rings (SSSR count). The van der Waals surface area contributed by atoms with Crippen molar-refractivity contribution in [1.29, 1.82) is 0 Å². The van der Waals surface area contributed by atoms with Crippen molar-refractivity contribution >= 4 is 23.4 Å². The van der Waals surface area contributed by atoms with Gasteiger partial charge in [-0.2, -0.15) is 0 Å². The zero-order valence-electron chi connectivity index (χ0n) is 15.1. The number of ether oxygens (including phenoxy) is 1. The number of hydrogen-bond donors (Lipinski definition) is 1. The third-order valence-corrected chi connectivity index (χ3v) is 4.92. The molecule has 1 amide bonds. The lowest BCUT2D eigenvalue weighted by molar-refractivity contribution is 0.0983. The summed E-state index contributed by atoms with van der Waals surface area (Å²) in [4.78, 5) is 13.5. The van der Waals surface area contributed by atoms with Gasteiger partial charge in [0, 0.05) is 29.8 Å². The third kappa shape index (κ3) is 5.15. The number of hydrogen-bond acceptors (Lipinski definition) is 3. The molecule has 0 spiro atoms. The van der Waals surface area contributed by atoms with Crippen LogP contribution in [0.1, 0.15) is 30.9 Å². The molecule has 1 aliphatic heterocycles. The number of amides is 1. The molecule has 1 N–H and O–H groups in total. The Morgan fingerprint density at radius 3 is 2.23 bits per heavy atom. The van der Waals surface area contributed by atoms with Gasteiger partial charge in [-0.15, -0.1) is 0 Å². The Morgan fingerprint density at radius 2 is 1.65 bits per heavy atom. The molecular weight excluding hydrogens is 348 g/mol. The first-order valence-corrected chi connectivity index (χ1v) is 9.53. The van der Waals surface area contributed by atoms with E-state index in [-0.39, 0.29) is 6.09 Å². The average Bonchev–Trinajstić information content (AvgIpc) is 2.66. The van der Waals surface area contributed by atoms with Crippen molar-refractivity contribution in [1.82, 2.24) is 4.90 Å². The van der Waals surface area contributed by atoms with Gasteiger partial charge in [0.2, 0.25) is 0 Å². The maximum atomic E-state index is 11.7. The minimum absolute atomic E-state index is 0.197. The average molecular weight is 373 g/mol. The quantitative estimate of drug-likeness (QED) is 0.806. The van der Waals surface area contributed by atoms with Crippen molar-refractivity contribution in [3.05, 3.63) is 64.7 Å². The van der Waals surface area contributed by atoms with Gasteiger partial charge in [0.1, 0.15) is 0 Å². The topological polar surface area (TPSA) is 41.6 Å². The van der Waals surface area contributed by atoms with Gasteiger partial charge in [0.05, 0.1) is 6.61 Å². The second-order valence-corrected chi connectivity index (χ2v) is 7.04. The summed E-state index contributed by atoms with van der Waals surface area (Å²) in [6.45, 7) is 3.75. The first kappa shape index (κ1) is 18.6. The van der Waals surface area contributed by atoms with Crippen molar-refractivity contribution in [3.8, 4) is 0 Å². The lowest BCUT2D eigenvalue weighted by atomic mass is 10.0. The van der Waals surface area contributed by atoms with Crippen molar-refractivity contribution in [2.75, 3.05) is 25.0 Å². The van der Waals surface area contributed by atoms with Gasteiger partial charge < -0.3 is 15.0 Å². The highest BCUT2D eigenvalue weighted by atomic mass is 35.5. The number of carbonyl (C=O) groups excluding carboxylic acids is 1. The van der Waals surface area contributed by atoms with E-state index >= 15 is 0 Å². The molecule has 0 bridgehead atoms. The van der Waals surface area contributed by atoms with E-state index in [4.69, 9.17) is 16.3 Å². The first-order valence-electron chi connectivity index (χ1n) is 9.15. The Kier molecular flexibility index (Phi) is 6.40. The molecule has 0 saturated carbocycles. The van der Waals surface area contributed by atoms with Crippen LogP contribution in [0.5, 0.6) is 0 Å². The summed E-state index contributed by atoms with van der Waals surface area (Å²) in [7, 11) is 0. The number of nitrogens with one attached hydrogen (secondary N) is 1. The summed E-state index contributed by atoms with van der Waals surface area (Å²) in [5.41, 5.74) is 3.65. The molecule has 138 valence electrons. The number of piperidine rings is 1. The highest BCUT2D eigenvalue weighted by molar-refractivity contribution is 6.30. The number of carbonyl (C=O) groups is 1. The van der Waals surface area contributed by atoms with E-state index in [1.165, 1.54) is 11.1 Å². The van der Waals surface area contributed by atoms with E-state index in [0.29, 0.717) is 12.6 Å². The number of halogens is 1. The normalized spacial score (nSPS) is 14.9. The molecule has 2 aromatic carbocycles. The monoisotopic (exact) mass is 372 g/mol. The summed E-state index contributed by atoms with van der Waals surface area (Å²) in [6, 6.07) is 16.9. The molecule has 2 aromatic rings. The molecule has 1 aliphatic rings. The van der Waals surface area contributed by atoms with Gasteiger partial charge in [0.25, 0.3) is 0 Å². The molecule has 26 heavy (non-hydrogen) atoms. The van der Waals surface area contributed by atoms with Crippen LogP contribution in [0.4, 0.5) is 10.5 Å². The van der Waals surface area contributed by atoms with E-state index in [1.807, 2.05) is 19.1 Å². The lowest BCUT2D eigenvalue weighted by Gasteiger charge is -2.32. The summed E-state index contributed by atoms with van der Waals surface area (Å²) < 4.78 is 5.06. The van der Waals surface area contributed by atoms with Gasteiger partial charge >= 0.3 is 6.09 Å². The zero-order chi connectivity index (χ0) is 18.4. The van der Waals surface area contributed by atoms with Crippen LogP contribution in [-0.2, 0) is 11.2 Å². The van der Waals surface area contributed by atoms with Crippen LogP contribution >= 0.6 is 11.6 Å². The number of likely N-dealkylation sites (tertiary alicyclic amines) is 1. The van der Waals surface area contributed by atoms with Crippen LogP contribution in [0.2, 0.25) is 5.02 Å². The predicted octanol–water partition coefficient (Wildman–Crippen LogP) is 4.96. The minimum Gasteiger partial charge on any atom is -0.450 e. The molecule has 1 fully saturated rings. The highest BCUT2D eigenvalue weighted by Crippen LogP contribution is 2.19. The van der Waals surface area contributed by atoms with Gasteiger partial charge in [-0.1, -0.05) is 35.9 Å². The summed E-state index contributed by atoms with van der Waals surface area (Å²) in [6.07, 6.45) is 2.57. The maximum Gasteiger partial charge on any atom is 0.409 e. The Bertz CT molecular complexity index is 708. The molecule has 1 heterocycles. The fraction of sp³-hybridized carbons (Fsp3) is 0.381. The smallest absolute Gasteiger partial charge is 0.409 e. The molecule has 5 heteroatoms. The third-order valence-electron chi connectivity index (χ3n) is 4.67. The molecule has 0 unspecified atom stereocenters. The van der Waals surface area contributed by atoms with Gasteiger partial charge in [-0.05, 0) is 61.6 Å². The lowest BCUT2D eigenvalue weighted by Crippen LogP contribution is -2.42.